The van der Waals surface area contributed by atoms with E-state index in [2.05, 4.69) is 0 Å². The van der Waals surface area contributed by atoms with Gasteiger partial charge in [0.05, 0.1) is 22.2 Å². The van der Waals surface area contributed by atoms with Crippen LogP contribution < -0.4 is 5.46 Å². The minimum Gasteiger partial charge on any atom is -0.478 e. The van der Waals surface area contributed by atoms with E-state index in [0.29, 0.717) is 0 Å². The first-order chi connectivity index (χ1) is 9.05. The minimum absolute atomic E-state index is 0.409. The number of aromatic carboxylic acids is 1. The van der Waals surface area contributed by atoms with Crippen LogP contribution in [0.2, 0.25) is 0 Å². The molecule has 0 aromatic heterocycles. The van der Waals surface area contributed by atoms with E-state index in [1.54, 1.807) is 27.7 Å². The lowest BCUT2D eigenvalue weighted by atomic mass is 9.77. The van der Waals surface area contributed by atoms with Crippen molar-refractivity contribution >= 4 is 18.6 Å². The summed E-state index contributed by atoms with van der Waals surface area (Å²) in [6.07, 6.45) is 0. The summed E-state index contributed by atoms with van der Waals surface area (Å²) < 4.78 is 39.1. The van der Waals surface area contributed by atoms with Gasteiger partial charge in [0.2, 0.25) is 0 Å². The van der Waals surface area contributed by atoms with Crippen molar-refractivity contribution in [1.29, 1.82) is 0 Å². The van der Waals surface area contributed by atoms with Gasteiger partial charge in [0, 0.05) is 0 Å². The van der Waals surface area contributed by atoms with E-state index in [4.69, 9.17) is 14.4 Å². The largest absolute Gasteiger partial charge is 0.500 e. The maximum atomic E-state index is 14.0. The van der Waals surface area contributed by atoms with Crippen LogP contribution in [0.1, 0.15) is 38.1 Å². The van der Waals surface area contributed by atoms with Crippen molar-refractivity contribution in [1.82, 2.24) is 0 Å². The quantitative estimate of drug-likeness (QED) is 0.843. The van der Waals surface area contributed by atoms with Crippen molar-refractivity contribution in [3.63, 3.8) is 0 Å². The van der Waals surface area contributed by atoms with Crippen molar-refractivity contribution in [2.75, 3.05) is 0 Å². The zero-order valence-corrected chi connectivity index (χ0v) is 11.7. The molecule has 1 heterocycles. The van der Waals surface area contributed by atoms with Gasteiger partial charge in [-0.25, -0.2) is 13.6 Å². The van der Waals surface area contributed by atoms with E-state index in [0.717, 1.165) is 12.1 Å². The van der Waals surface area contributed by atoms with E-state index < -0.39 is 47.0 Å². The fourth-order valence-corrected chi connectivity index (χ4v) is 1.89. The molecule has 1 aromatic rings. The molecule has 1 fully saturated rings. The number of halogens is 2. The SMILES string of the molecule is CC1(C)OB(c2c(F)cc(C(=O)O)cc2F)OC1(C)C. The molecule has 1 saturated heterocycles. The zero-order valence-electron chi connectivity index (χ0n) is 11.7. The average molecular weight is 284 g/mol. The van der Waals surface area contributed by atoms with Crippen molar-refractivity contribution in [2.45, 2.75) is 38.9 Å². The van der Waals surface area contributed by atoms with Crippen LogP contribution in [0.15, 0.2) is 12.1 Å². The summed E-state index contributed by atoms with van der Waals surface area (Å²) in [5, 5.41) is 8.76. The van der Waals surface area contributed by atoms with Crippen molar-refractivity contribution in [3.05, 3.63) is 29.3 Å². The number of hydrogen-bond acceptors (Lipinski definition) is 3. The molecule has 4 nitrogen and oxygen atoms in total. The van der Waals surface area contributed by atoms with Crippen molar-refractivity contribution in [3.8, 4) is 0 Å². The first kappa shape index (κ1) is 14.9. The van der Waals surface area contributed by atoms with Gasteiger partial charge in [-0.1, -0.05) is 0 Å². The smallest absolute Gasteiger partial charge is 0.478 e. The third kappa shape index (κ3) is 2.31. The summed E-state index contributed by atoms with van der Waals surface area (Å²) in [5.74, 6) is -3.40. The fourth-order valence-electron chi connectivity index (χ4n) is 1.89. The Kier molecular flexibility index (Phi) is 3.38. The van der Waals surface area contributed by atoms with Crippen molar-refractivity contribution in [2.24, 2.45) is 0 Å². The van der Waals surface area contributed by atoms with Gasteiger partial charge < -0.3 is 14.4 Å². The lowest BCUT2D eigenvalue weighted by Gasteiger charge is -2.32. The number of rotatable bonds is 2. The van der Waals surface area contributed by atoms with E-state index in [1.165, 1.54) is 0 Å². The van der Waals surface area contributed by atoms with Gasteiger partial charge in [0.1, 0.15) is 11.6 Å². The normalized spacial score (nSPS) is 20.2. The van der Waals surface area contributed by atoms with Gasteiger partial charge in [-0.2, -0.15) is 0 Å². The molecular formula is C13H15BF2O4. The van der Waals surface area contributed by atoms with E-state index in [1.807, 2.05) is 0 Å². The molecule has 0 saturated carbocycles. The molecule has 1 aliphatic rings. The van der Waals surface area contributed by atoms with E-state index in [9.17, 15) is 13.6 Å². The Hall–Kier alpha value is -1.47. The number of carboxylic acid groups (broad SMARTS) is 1. The van der Waals surface area contributed by atoms with Crippen LogP contribution in [0.5, 0.6) is 0 Å². The predicted octanol–water partition coefficient (Wildman–Crippen LogP) is 1.96. The number of carbonyl (C=O) groups is 1. The Bertz CT molecular complexity index is 532. The predicted molar refractivity (Wildman–Crippen MR) is 69.0 cm³/mol. The summed E-state index contributed by atoms with van der Waals surface area (Å²) >= 11 is 0. The standard InChI is InChI=1S/C13H15BF2O4/c1-12(2)13(3,4)20-14(19-12)10-8(15)5-7(11(17)18)6-9(10)16/h5-6H,1-4H3,(H,17,18). The topological polar surface area (TPSA) is 55.8 Å². The van der Waals surface area contributed by atoms with Gasteiger partial charge in [0.25, 0.3) is 0 Å². The number of benzene rings is 1. The molecule has 0 aliphatic carbocycles. The summed E-state index contributed by atoms with van der Waals surface area (Å²) in [6.45, 7) is 7.03. The first-order valence-electron chi connectivity index (χ1n) is 6.13. The number of hydrogen-bond donors (Lipinski definition) is 1. The van der Waals surface area contributed by atoms with E-state index >= 15 is 0 Å². The second-order valence-corrected chi connectivity index (χ2v) is 5.75. The Labute approximate surface area is 115 Å². The lowest BCUT2D eigenvalue weighted by molar-refractivity contribution is 0.00578. The second kappa shape index (κ2) is 4.53. The van der Waals surface area contributed by atoms with Gasteiger partial charge in [0.15, 0.2) is 0 Å². The highest BCUT2D eigenvalue weighted by Crippen LogP contribution is 2.36. The molecular weight excluding hydrogens is 269 g/mol. The summed E-state index contributed by atoms with van der Waals surface area (Å²) in [6, 6.07) is 1.51. The molecule has 0 atom stereocenters. The highest BCUT2D eigenvalue weighted by atomic mass is 19.1. The second-order valence-electron chi connectivity index (χ2n) is 5.75. The molecule has 2 rings (SSSR count). The lowest BCUT2D eigenvalue weighted by Crippen LogP contribution is -2.41. The third-order valence-corrected chi connectivity index (χ3v) is 3.81. The molecule has 1 aromatic carbocycles. The summed E-state index contributed by atoms with van der Waals surface area (Å²) in [7, 11) is -1.21. The van der Waals surface area contributed by atoms with Crippen LogP contribution in [0.25, 0.3) is 0 Å². The molecule has 1 aliphatic heterocycles. The van der Waals surface area contributed by atoms with Crippen LogP contribution in [0, 0.1) is 11.6 Å². The molecule has 0 spiro atoms. The van der Waals surface area contributed by atoms with Gasteiger partial charge in [-0.15, -0.1) is 0 Å². The Balaban J connectivity index is 2.43. The van der Waals surface area contributed by atoms with Crippen LogP contribution >= 0.6 is 0 Å². The van der Waals surface area contributed by atoms with Gasteiger partial charge in [-0.3, -0.25) is 0 Å². The van der Waals surface area contributed by atoms with Crippen LogP contribution in [-0.2, 0) is 9.31 Å². The maximum Gasteiger partial charge on any atom is 0.500 e. The highest BCUT2D eigenvalue weighted by molar-refractivity contribution is 6.62. The third-order valence-electron chi connectivity index (χ3n) is 3.81. The Morgan fingerprint density at radius 1 is 1.10 bits per heavy atom. The summed E-state index contributed by atoms with van der Waals surface area (Å²) in [5.41, 5.74) is -2.33. The fraction of sp³-hybridized carbons (Fsp3) is 0.462. The molecule has 0 bridgehead atoms. The van der Waals surface area contributed by atoms with Gasteiger partial charge >= 0.3 is 13.1 Å². The molecule has 1 N–H and O–H groups in total. The minimum atomic E-state index is -1.40. The molecule has 7 heteroatoms. The first-order valence-corrected chi connectivity index (χ1v) is 6.13. The van der Waals surface area contributed by atoms with Crippen LogP contribution in [-0.4, -0.2) is 29.4 Å². The molecule has 0 radical (unpaired) electrons. The number of carboxylic acids is 1. The Morgan fingerprint density at radius 3 is 1.85 bits per heavy atom. The van der Waals surface area contributed by atoms with Crippen LogP contribution in [0.3, 0.4) is 0 Å². The molecule has 0 amide bonds. The summed E-state index contributed by atoms with van der Waals surface area (Å²) in [4.78, 5) is 10.7. The van der Waals surface area contributed by atoms with E-state index in [-0.39, 0.29) is 0 Å². The molecule has 108 valence electrons. The molecule has 20 heavy (non-hydrogen) atoms. The maximum absolute atomic E-state index is 14.0. The average Bonchev–Trinajstić information content (AvgIpc) is 2.46. The molecule has 0 unspecified atom stereocenters. The zero-order chi connectivity index (χ0) is 15.3. The monoisotopic (exact) mass is 284 g/mol. The van der Waals surface area contributed by atoms with Crippen LogP contribution in [0.4, 0.5) is 8.78 Å². The van der Waals surface area contributed by atoms with Gasteiger partial charge in [-0.05, 0) is 39.8 Å². The Morgan fingerprint density at radius 2 is 1.50 bits per heavy atom. The highest BCUT2D eigenvalue weighted by Gasteiger charge is 2.53. The van der Waals surface area contributed by atoms with Crippen molar-refractivity contribution < 1.29 is 28.0 Å².